The second-order valence-corrected chi connectivity index (χ2v) is 7.40. The van der Waals surface area contributed by atoms with Gasteiger partial charge in [0.15, 0.2) is 0 Å². The molecule has 9 heteroatoms. The molecule has 0 aliphatic carbocycles. The molecule has 156 valence electrons. The van der Waals surface area contributed by atoms with Crippen LogP contribution in [0.4, 0.5) is 5.69 Å². The van der Waals surface area contributed by atoms with Gasteiger partial charge in [0.25, 0.3) is 5.22 Å². The minimum absolute atomic E-state index is 0.0743. The standard InChI is InChI=1S/C21H21N3O5S/c1-13(2)28-20(26)15-5-4-6-16(11-15)22-18(25)12-30-21-24-23-19(29-21)14-7-9-17(27-3)10-8-14/h4-11,13H,12H2,1-3H3,(H,22,25). The van der Waals surface area contributed by atoms with Crippen LogP contribution >= 0.6 is 11.8 Å². The van der Waals surface area contributed by atoms with Crippen molar-refractivity contribution in [1.29, 1.82) is 0 Å². The molecule has 1 aromatic heterocycles. The van der Waals surface area contributed by atoms with Crippen molar-refractivity contribution in [2.24, 2.45) is 0 Å². The van der Waals surface area contributed by atoms with Crippen molar-refractivity contribution < 1.29 is 23.5 Å². The molecule has 0 aliphatic rings. The summed E-state index contributed by atoms with van der Waals surface area (Å²) in [5.74, 6) is 0.458. The van der Waals surface area contributed by atoms with Crippen LogP contribution in [0.3, 0.4) is 0 Å². The van der Waals surface area contributed by atoms with Crippen LogP contribution in [0.25, 0.3) is 11.5 Å². The van der Waals surface area contributed by atoms with Gasteiger partial charge in [-0.1, -0.05) is 17.8 Å². The normalized spacial score (nSPS) is 10.7. The van der Waals surface area contributed by atoms with E-state index in [9.17, 15) is 9.59 Å². The van der Waals surface area contributed by atoms with Crippen molar-refractivity contribution in [3.05, 3.63) is 54.1 Å². The second kappa shape index (κ2) is 9.93. The summed E-state index contributed by atoms with van der Waals surface area (Å²) in [5, 5.41) is 11.0. The van der Waals surface area contributed by atoms with Crippen LogP contribution < -0.4 is 10.1 Å². The number of carbonyl (C=O) groups excluding carboxylic acids is 2. The second-order valence-electron chi connectivity index (χ2n) is 6.47. The zero-order valence-corrected chi connectivity index (χ0v) is 17.6. The molecule has 3 aromatic rings. The number of esters is 1. The van der Waals surface area contributed by atoms with Gasteiger partial charge in [-0.05, 0) is 56.3 Å². The summed E-state index contributed by atoms with van der Waals surface area (Å²) in [7, 11) is 1.59. The van der Waals surface area contributed by atoms with Gasteiger partial charge in [-0.25, -0.2) is 4.79 Å². The summed E-state index contributed by atoms with van der Waals surface area (Å²) in [6.45, 7) is 3.55. The van der Waals surface area contributed by atoms with Crippen LogP contribution in [0.5, 0.6) is 5.75 Å². The number of ether oxygens (including phenoxy) is 2. The van der Waals surface area contributed by atoms with Crippen LogP contribution in [-0.2, 0) is 9.53 Å². The molecule has 8 nitrogen and oxygen atoms in total. The highest BCUT2D eigenvalue weighted by Crippen LogP contribution is 2.25. The number of thioether (sulfide) groups is 1. The Morgan fingerprint density at radius 2 is 1.90 bits per heavy atom. The van der Waals surface area contributed by atoms with Gasteiger partial charge in [0, 0.05) is 11.3 Å². The number of carbonyl (C=O) groups is 2. The van der Waals surface area contributed by atoms with E-state index in [-0.39, 0.29) is 23.0 Å². The number of aromatic nitrogens is 2. The van der Waals surface area contributed by atoms with Gasteiger partial charge in [-0.2, -0.15) is 0 Å². The number of benzene rings is 2. The van der Waals surface area contributed by atoms with E-state index in [1.54, 1.807) is 57.4 Å². The molecular formula is C21H21N3O5S. The van der Waals surface area contributed by atoms with Crippen molar-refractivity contribution in [3.63, 3.8) is 0 Å². The maximum atomic E-state index is 12.2. The molecule has 1 heterocycles. The lowest BCUT2D eigenvalue weighted by atomic mass is 10.2. The predicted octanol–water partition coefficient (Wildman–Crippen LogP) is 4.04. The van der Waals surface area contributed by atoms with E-state index in [2.05, 4.69) is 15.5 Å². The summed E-state index contributed by atoms with van der Waals surface area (Å²) >= 11 is 1.12. The molecule has 2 aromatic carbocycles. The number of rotatable bonds is 8. The van der Waals surface area contributed by atoms with E-state index in [1.807, 2.05) is 12.1 Å². The molecule has 3 rings (SSSR count). The molecule has 1 amide bonds. The first-order valence-corrected chi connectivity index (χ1v) is 10.1. The zero-order valence-electron chi connectivity index (χ0n) is 16.7. The SMILES string of the molecule is COc1ccc(-c2nnc(SCC(=O)Nc3cccc(C(=O)OC(C)C)c3)o2)cc1. The molecule has 0 atom stereocenters. The first-order chi connectivity index (χ1) is 14.4. The van der Waals surface area contributed by atoms with Gasteiger partial charge in [0.2, 0.25) is 11.8 Å². The number of nitrogens with one attached hydrogen (secondary N) is 1. The van der Waals surface area contributed by atoms with Crippen LogP contribution in [0, 0.1) is 0 Å². The Bertz CT molecular complexity index is 1020. The van der Waals surface area contributed by atoms with E-state index >= 15 is 0 Å². The number of amides is 1. The van der Waals surface area contributed by atoms with Crippen molar-refractivity contribution >= 4 is 29.3 Å². The van der Waals surface area contributed by atoms with E-state index in [4.69, 9.17) is 13.9 Å². The molecule has 1 N–H and O–H groups in total. The van der Waals surface area contributed by atoms with Crippen LogP contribution in [0.15, 0.2) is 58.2 Å². The van der Waals surface area contributed by atoms with Crippen LogP contribution in [0.1, 0.15) is 24.2 Å². The first kappa shape index (κ1) is 21.4. The van der Waals surface area contributed by atoms with E-state index < -0.39 is 5.97 Å². The Kier molecular flexibility index (Phi) is 7.08. The van der Waals surface area contributed by atoms with Gasteiger partial charge in [-0.3, -0.25) is 4.79 Å². The van der Waals surface area contributed by atoms with Gasteiger partial charge in [0.1, 0.15) is 5.75 Å². The molecule has 30 heavy (non-hydrogen) atoms. The quantitative estimate of drug-likeness (QED) is 0.424. The molecule has 0 spiro atoms. The smallest absolute Gasteiger partial charge is 0.338 e. The van der Waals surface area contributed by atoms with Crippen molar-refractivity contribution in [3.8, 4) is 17.2 Å². The number of hydrogen-bond acceptors (Lipinski definition) is 8. The summed E-state index contributed by atoms with van der Waals surface area (Å²) in [4.78, 5) is 24.2. The Morgan fingerprint density at radius 1 is 1.13 bits per heavy atom. The van der Waals surface area contributed by atoms with Crippen LogP contribution in [0.2, 0.25) is 0 Å². The van der Waals surface area contributed by atoms with Crippen LogP contribution in [-0.4, -0.2) is 41.0 Å². The summed E-state index contributed by atoms with van der Waals surface area (Å²) in [6.07, 6.45) is -0.218. The maximum absolute atomic E-state index is 12.2. The first-order valence-electron chi connectivity index (χ1n) is 9.16. The average Bonchev–Trinajstić information content (AvgIpc) is 3.21. The highest BCUT2D eigenvalue weighted by Gasteiger charge is 2.13. The predicted molar refractivity (Wildman–Crippen MR) is 113 cm³/mol. The van der Waals surface area contributed by atoms with Gasteiger partial charge in [-0.15, -0.1) is 10.2 Å². The highest BCUT2D eigenvalue weighted by atomic mass is 32.2. The number of methoxy groups -OCH3 is 1. The summed E-state index contributed by atoms with van der Waals surface area (Å²) < 4.78 is 15.9. The lowest BCUT2D eigenvalue weighted by molar-refractivity contribution is -0.113. The van der Waals surface area contributed by atoms with Gasteiger partial charge < -0.3 is 19.2 Å². The third-order valence-electron chi connectivity index (χ3n) is 3.79. The van der Waals surface area contributed by atoms with Crippen molar-refractivity contribution in [2.45, 2.75) is 25.2 Å². The molecule has 0 radical (unpaired) electrons. The lowest BCUT2D eigenvalue weighted by Crippen LogP contribution is -2.15. The zero-order chi connectivity index (χ0) is 21.5. The fraction of sp³-hybridized carbons (Fsp3) is 0.238. The molecule has 0 bridgehead atoms. The number of nitrogens with zero attached hydrogens (tertiary/aromatic N) is 2. The van der Waals surface area contributed by atoms with E-state index in [0.29, 0.717) is 17.1 Å². The topological polar surface area (TPSA) is 104 Å². The Morgan fingerprint density at radius 3 is 2.60 bits per heavy atom. The minimum Gasteiger partial charge on any atom is -0.497 e. The summed E-state index contributed by atoms with van der Waals surface area (Å²) in [6, 6.07) is 13.8. The van der Waals surface area contributed by atoms with Gasteiger partial charge >= 0.3 is 5.97 Å². The van der Waals surface area contributed by atoms with Crippen molar-refractivity contribution in [2.75, 3.05) is 18.2 Å². The monoisotopic (exact) mass is 427 g/mol. The van der Waals surface area contributed by atoms with Crippen molar-refractivity contribution in [1.82, 2.24) is 10.2 Å². The Hall–Kier alpha value is -3.33. The number of anilines is 1. The highest BCUT2D eigenvalue weighted by molar-refractivity contribution is 7.99. The van der Waals surface area contributed by atoms with Gasteiger partial charge in [0.05, 0.1) is 24.5 Å². The molecule has 0 aliphatic heterocycles. The van der Waals surface area contributed by atoms with E-state index in [0.717, 1.165) is 23.1 Å². The molecule has 0 saturated heterocycles. The maximum Gasteiger partial charge on any atom is 0.338 e. The Labute approximate surface area is 178 Å². The fourth-order valence-electron chi connectivity index (χ4n) is 2.45. The molecule has 0 fully saturated rings. The average molecular weight is 427 g/mol. The number of hydrogen-bond donors (Lipinski definition) is 1. The Balaban J connectivity index is 1.55. The minimum atomic E-state index is -0.438. The summed E-state index contributed by atoms with van der Waals surface area (Å²) in [5.41, 5.74) is 1.63. The molecule has 0 unspecified atom stereocenters. The van der Waals surface area contributed by atoms with E-state index in [1.165, 1.54) is 0 Å². The molecular weight excluding hydrogens is 406 g/mol. The third-order valence-corrected chi connectivity index (χ3v) is 4.61. The third kappa shape index (κ3) is 5.84. The molecule has 0 saturated carbocycles. The fourth-order valence-corrected chi connectivity index (χ4v) is 3.01. The largest absolute Gasteiger partial charge is 0.497 e. The lowest BCUT2D eigenvalue weighted by Gasteiger charge is -2.09.